The Morgan fingerprint density at radius 3 is 0.838 bits per heavy atom. The van der Waals surface area contributed by atoms with E-state index in [-0.39, 0.29) is 171 Å². The molecule has 0 aliphatic rings. The van der Waals surface area contributed by atoms with E-state index in [1.54, 1.807) is 62.4 Å². The zero-order valence-corrected chi connectivity index (χ0v) is 60.2. The predicted octanol–water partition coefficient (Wildman–Crippen LogP) is -3.13. The molecule has 105 heavy (non-hydrogen) atoms. The van der Waals surface area contributed by atoms with Crippen molar-refractivity contribution in [1.82, 2.24) is 40.9 Å². The van der Waals surface area contributed by atoms with Crippen molar-refractivity contribution < 1.29 is 99.5 Å². The molecule has 588 valence electrons. The van der Waals surface area contributed by atoms with Crippen molar-refractivity contribution in [2.45, 2.75) is 51.1 Å². The summed E-state index contributed by atoms with van der Waals surface area (Å²) in [4.78, 5) is 102. The first-order valence-electron chi connectivity index (χ1n) is 34.2. The monoisotopic (exact) mass is 1480 g/mol. The van der Waals surface area contributed by atoms with E-state index in [1.165, 1.54) is 19.6 Å². The first-order chi connectivity index (χ1) is 50.5. The molecule has 4 unspecified atom stereocenters. The van der Waals surface area contributed by atoms with E-state index >= 15 is 0 Å². The molecule has 0 heterocycles. The number of benzene rings is 4. The normalized spacial score (nSPS) is 12.0. The number of nitrogens with two attached hydrogens (primary N) is 6. The van der Waals surface area contributed by atoms with Crippen molar-refractivity contribution in [3.8, 4) is 23.0 Å². The number of esters is 4. The fourth-order valence-electron chi connectivity index (χ4n) is 9.39. The molecule has 0 fully saturated rings. The lowest BCUT2D eigenvalue weighted by atomic mass is 10.0. The molecule has 34 nitrogen and oxygen atoms in total. The van der Waals surface area contributed by atoms with Gasteiger partial charge in [0.15, 0.2) is 0 Å². The van der Waals surface area contributed by atoms with Gasteiger partial charge in [-0.15, -0.1) is 0 Å². The summed E-state index contributed by atoms with van der Waals surface area (Å²) in [6, 6.07) is 29.5. The van der Waals surface area contributed by atoms with Crippen LogP contribution < -0.4 is 74.6 Å². The lowest BCUT2D eigenvalue weighted by Gasteiger charge is -2.24. The van der Waals surface area contributed by atoms with Crippen LogP contribution in [-0.4, -0.2) is 289 Å². The predicted molar refractivity (Wildman–Crippen MR) is 395 cm³/mol. The molecule has 0 aliphatic heterocycles. The fraction of sp³-hybridized carbons (Fsp3) is 0.493. The second kappa shape index (κ2) is 56.2. The second-order valence-electron chi connectivity index (χ2n) is 23.2. The van der Waals surface area contributed by atoms with Crippen LogP contribution in [0.2, 0.25) is 0 Å². The number of aliphatic hydroxyl groups excluding tert-OH is 4. The van der Waals surface area contributed by atoms with Gasteiger partial charge in [-0.3, -0.25) is 58.0 Å². The summed E-state index contributed by atoms with van der Waals surface area (Å²) in [5.74, 6) is -1.46. The van der Waals surface area contributed by atoms with Gasteiger partial charge in [0.25, 0.3) is 0 Å². The summed E-state index contributed by atoms with van der Waals surface area (Å²) in [7, 11) is 0. The molecule has 4 atom stereocenters. The van der Waals surface area contributed by atoms with Gasteiger partial charge < -0.3 is 114 Å². The third-order valence-corrected chi connectivity index (χ3v) is 13.9. The molecular weight excluding hydrogens is 1370 g/mol. The summed E-state index contributed by atoms with van der Waals surface area (Å²) < 4.78 is 42.2. The molecule has 4 rings (SSSR count). The Kier molecular flexibility index (Phi) is 49.1. The lowest BCUT2D eigenvalue weighted by Crippen LogP contribution is -2.47. The third-order valence-electron chi connectivity index (χ3n) is 13.9. The summed E-state index contributed by atoms with van der Waals surface area (Å²) in [6.07, 6.45) is -0.738. The minimum absolute atomic E-state index is 0. The van der Waals surface area contributed by atoms with Crippen molar-refractivity contribution >= 4 is 47.5 Å². The van der Waals surface area contributed by atoms with Crippen molar-refractivity contribution in [3.05, 3.63) is 145 Å². The first-order valence-corrected chi connectivity index (χ1v) is 34.2. The fourth-order valence-corrected chi connectivity index (χ4v) is 9.39. The molecule has 0 spiro atoms. The molecule has 0 aromatic heterocycles. The molecule has 34 heteroatoms. The molecule has 4 amide bonds. The van der Waals surface area contributed by atoms with Crippen molar-refractivity contribution in [1.29, 1.82) is 0 Å². The molecule has 0 saturated heterocycles. The maximum atomic E-state index is 12.2. The molecule has 4 aromatic carbocycles. The van der Waals surface area contributed by atoms with Gasteiger partial charge in [-0.2, -0.15) is 0 Å². The van der Waals surface area contributed by atoms with Crippen LogP contribution in [0, 0.1) is 0 Å². The number of carbonyl (C=O) groups excluding carboxylic acids is 8. The first kappa shape index (κ1) is 91.8. The van der Waals surface area contributed by atoms with Gasteiger partial charge in [-0.05, 0) is 97.5 Å². The number of hydrogen-bond donors (Lipinski definition) is 14. The van der Waals surface area contributed by atoms with E-state index < -0.39 is 48.3 Å². The van der Waals surface area contributed by atoms with Crippen LogP contribution in [0.15, 0.2) is 123 Å². The quantitative estimate of drug-likeness (QED) is 0.00900. The van der Waals surface area contributed by atoms with Crippen LogP contribution in [0.3, 0.4) is 0 Å². The van der Waals surface area contributed by atoms with Crippen LogP contribution in [0.4, 0.5) is 0 Å². The highest BCUT2D eigenvalue weighted by atomic mass is 16.5. The van der Waals surface area contributed by atoms with Crippen LogP contribution >= 0.6 is 0 Å². The Morgan fingerprint density at radius 1 is 0.381 bits per heavy atom. The molecular formula is C71H114N14O20. The number of carbonyl (C=O) groups is 8. The number of rotatable bonds is 52. The smallest absolute Gasteiger partial charge is 0.324 e. The molecule has 20 N–H and O–H groups in total. The summed E-state index contributed by atoms with van der Waals surface area (Å²) in [6.45, 7) is 11.8. The van der Waals surface area contributed by atoms with Crippen LogP contribution in [0.5, 0.6) is 23.0 Å². The molecule has 0 radical (unpaired) electrons. The van der Waals surface area contributed by atoms with Gasteiger partial charge in [0.05, 0.1) is 84.8 Å². The summed E-state index contributed by atoms with van der Waals surface area (Å²) in [5, 5.41) is 52.6. The number of aliphatic hydroxyl groups is 4. The van der Waals surface area contributed by atoms with Crippen molar-refractivity contribution in [3.63, 3.8) is 0 Å². The Hall–Kier alpha value is -9.24. The Balaban J connectivity index is 0.00000197. The Morgan fingerprint density at radius 2 is 0.619 bits per heavy atom. The maximum absolute atomic E-state index is 12.2. The zero-order chi connectivity index (χ0) is 77.6. The molecule has 4 aromatic rings. The zero-order valence-electron chi connectivity index (χ0n) is 60.2. The standard InChI is InChI=1S/C35H46N2O12.C34H56N10O8.C2H8N2.2H2/c1-5-44-32(40)20-36(21-33(41)45-6-2)18-28(38)24-48-30-13-9-26(10-14-30)17-27-11-15-31(16-12-27)49-25-29(39)19-37(22-34(42)46-7-3)23-35(43)47-8-4;35-9-12-39-31(47)18-43(19-32(48)40-13-10-36)16-27(45)22-51-29-5-1-25(2-6-29)15-26-3-7-30(8-4-26)52-23-28(46)17-44(21-34(50)42-24-38)20-33(49)41-14-11-37;3-1-2-4;;/h5-6,9-16,28-29,38-39H,1-2,7-8,17-25H2,3-4H3;1-8,27-28,45-46H,9-24,35-38H2,(H,39,47)(H,40,48)(H,41,49)(H,42,50);1-4H2;2*1H. The molecule has 0 aliphatic carbocycles. The van der Waals surface area contributed by atoms with E-state index in [4.69, 9.17) is 72.3 Å². The minimum atomic E-state index is -1.03. The molecule has 0 bridgehead atoms. The Labute approximate surface area is 616 Å². The number of nitrogens with one attached hydrogen (secondary N) is 4. The van der Waals surface area contributed by atoms with Gasteiger partial charge in [-0.25, -0.2) is 0 Å². The van der Waals surface area contributed by atoms with Gasteiger partial charge in [0, 0.05) is 81.4 Å². The van der Waals surface area contributed by atoms with Gasteiger partial charge in [0.1, 0.15) is 73.8 Å². The van der Waals surface area contributed by atoms with E-state index in [0.717, 1.165) is 34.8 Å². The van der Waals surface area contributed by atoms with Gasteiger partial charge in [-0.1, -0.05) is 61.7 Å². The van der Waals surface area contributed by atoms with E-state index in [1.807, 2.05) is 48.5 Å². The van der Waals surface area contributed by atoms with E-state index in [0.29, 0.717) is 68.6 Å². The lowest BCUT2D eigenvalue weighted by molar-refractivity contribution is -0.149. The van der Waals surface area contributed by atoms with Gasteiger partial charge >= 0.3 is 23.9 Å². The largest absolute Gasteiger partial charge is 0.491 e. The molecule has 0 saturated carbocycles. The van der Waals surface area contributed by atoms with Crippen molar-refractivity contribution in [2.75, 3.05) is 177 Å². The average molecular weight is 1480 g/mol. The summed E-state index contributed by atoms with van der Waals surface area (Å²) in [5.41, 5.74) is 35.5. The number of hydrogen-bond acceptors (Lipinski definition) is 30. The van der Waals surface area contributed by atoms with Gasteiger partial charge in [0.2, 0.25) is 23.6 Å². The number of nitrogens with zero attached hydrogens (tertiary/aromatic N) is 4. The van der Waals surface area contributed by atoms with Crippen molar-refractivity contribution in [2.24, 2.45) is 34.4 Å². The topological polar surface area (TPSA) is 509 Å². The van der Waals surface area contributed by atoms with Crippen LogP contribution in [0.25, 0.3) is 0 Å². The highest BCUT2D eigenvalue weighted by Crippen LogP contribution is 2.21. The van der Waals surface area contributed by atoms with Crippen LogP contribution in [-0.2, 0) is 70.1 Å². The average Bonchev–Trinajstić information content (AvgIpc) is 0.889. The second-order valence-corrected chi connectivity index (χ2v) is 23.2. The Bertz CT molecular complexity index is 3070. The van der Waals surface area contributed by atoms with E-state index in [2.05, 4.69) is 34.4 Å². The SMILES string of the molecule is C=COC(=O)CN(CC(=O)OC=C)CC(O)COc1ccc(Cc2ccc(OCC(O)CN(CC(=O)OCC)CC(=O)OCC)cc2)cc1.NCCN.NCCNC(=O)CN(CC(=O)NCN)CC(O)COc1ccc(Cc2ccc(OCC(O)CN(CC(=O)NCCN)CC(=O)NCCN)cc2)cc1.[HH].[HH]. The number of ether oxygens (including phenoxy) is 8. The number of amides is 4. The van der Waals surface area contributed by atoms with Crippen LogP contribution in [0.1, 0.15) is 39.0 Å². The summed E-state index contributed by atoms with van der Waals surface area (Å²) >= 11 is 0. The minimum Gasteiger partial charge on any atom is -0.491 e. The third kappa shape index (κ3) is 44.9. The maximum Gasteiger partial charge on any atom is 0.324 e. The highest BCUT2D eigenvalue weighted by molar-refractivity contribution is 5.82. The van der Waals surface area contributed by atoms with E-state index in [9.17, 15) is 58.8 Å². The highest BCUT2D eigenvalue weighted by Gasteiger charge is 2.24.